The first-order chi connectivity index (χ1) is 9.62. The smallest absolute Gasteiger partial charge is 0.339 e. The molecule has 112 valence electrons. The summed E-state index contributed by atoms with van der Waals surface area (Å²) in [6.07, 6.45) is 5.24. The van der Waals surface area contributed by atoms with Crippen LogP contribution in [0.1, 0.15) is 63.2 Å². The maximum atomic E-state index is 12.1. The fourth-order valence-electron chi connectivity index (χ4n) is 2.31. The van der Waals surface area contributed by atoms with Crippen molar-refractivity contribution in [3.63, 3.8) is 0 Å². The van der Waals surface area contributed by atoms with Gasteiger partial charge in [-0.1, -0.05) is 57.3 Å². The molecule has 1 rings (SSSR count). The Labute approximate surface area is 127 Å². The molecule has 3 heteroatoms. The number of benzene rings is 1. The Kier molecular flexibility index (Phi) is 7.68. The van der Waals surface area contributed by atoms with Crippen LogP contribution >= 0.6 is 11.6 Å². The van der Waals surface area contributed by atoms with Gasteiger partial charge in [0.15, 0.2) is 0 Å². The monoisotopic (exact) mass is 296 g/mol. The van der Waals surface area contributed by atoms with Crippen LogP contribution in [0.2, 0.25) is 5.02 Å². The number of carbonyl (C=O) groups excluding carboxylic acids is 1. The number of carbonyl (C=O) groups is 1. The molecule has 0 radical (unpaired) electrons. The summed E-state index contributed by atoms with van der Waals surface area (Å²) in [4.78, 5) is 12.1. The molecular weight excluding hydrogens is 272 g/mol. The van der Waals surface area contributed by atoms with Crippen LogP contribution in [0.15, 0.2) is 24.3 Å². The van der Waals surface area contributed by atoms with Gasteiger partial charge in [-0.05, 0) is 37.3 Å². The van der Waals surface area contributed by atoms with Crippen LogP contribution in [0.3, 0.4) is 0 Å². The van der Waals surface area contributed by atoms with Crippen LogP contribution in [-0.4, -0.2) is 12.1 Å². The van der Waals surface area contributed by atoms with E-state index in [1.807, 2.05) is 6.07 Å². The summed E-state index contributed by atoms with van der Waals surface area (Å²) >= 11 is 6.02. The fraction of sp³-hybridized carbons (Fsp3) is 0.588. The highest BCUT2D eigenvalue weighted by Crippen LogP contribution is 2.21. The van der Waals surface area contributed by atoms with Gasteiger partial charge in [-0.25, -0.2) is 4.79 Å². The molecule has 2 nitrogen and oxygen atoms in total. The maximum Gasteiger partial charge on any atom is 0.339 e. The zero-order valence-electron chi connectivity index (χ0n) is 12.7. The molecule has 0 aromatic heterocycles. The van der Waals surface area contributed by atoms with Gasteiger partial charge in [0.05, 0.1) is 10.6 Å². The Morgan fingerprint density at radius 2 is 1.75 bits per heavy atom. The van der Waals surface area contributed by atoms with E-state index in [2.05, 4.69) is 20.8 Å². The molecule has 0 aliphatic heterocycles. The molecule has 0 amide bonds. The van der Waals surface area contributed by atoms with Crippen LogP contribution in [0.4, 0.5) is 0 Å². The largest absolute Gasteiger partial charge is 0.459 e. The quantitative estimate of drug-likeness (QED) is 0.593. The summed E-state index contributed by atoms with van der Waals surface area (Å²) in [6.45, 7) is 6.48. The van der Waals surface area contributed by atoms with Crippen molar-refractivity contribution < 1.29 is 9.53 Å². The predicted octanol–water partition coefficient (Wildman–Crippen LogP) is 5.49. The van der Waals surface area contributed by atoms with E-state index in [0.717, 1.165) is 25.2 Å². The molecule has 0 saturated carbocycles. The highest BCUT2D eigenvalue weighted by atomic mass is 35.5. The lowest BCUT2D eigenvalue weighted by Crippen LogP contribution is -2.19. The third-order valence-corrected chi connectivity index (χ3v) is 4.20. The highest BCUT2D eigenvalue weighted by molar-refractivity contribution is 6.33. The van der Waals surface area contributed by atoms with E-state index in [-0.39, 0.29) is 12.1 Å². The van der Waals surface area contributed by atoms with Crippen molar-refractivity contribution in [3.8, 4) is 0 Å². The second-order valence-electron chi connectivity index (χ2n) is 5.18. The Balaban J connectivity index is 2.56. The number of rotatable bonds is 8. The van der Waals surface area contributed by atoms with E-state index < -0.39 is 0 Å². The zero-order chi connectivity index (χ0) is 15.0. The summed E-state index contributed by atoms with van der Waals surface area (Å²) in [5, 5.41) is 0.451. The third-order valence-electron chi connectivity index (χ3n) is 3.87. The molecule has 0 N–H and O–H groups in total. The van der Waals surface area contributed by atoms with Gasteiger partial charge in [0.2, 0.25) is 0 Å². The molecule has 0 fully saturated rings. The van der Waals surface area contributed by atoms with Crippen molar-refractivity contribution in [2.75, 3.05) is 0 Å². The Hall–Kier alpha value is -1.02. The number of hydrogen-bond acceptors (Lipinski definition) is 2. The lowest BCUT2D eigenvalue weighted by Gasteiger charge is -2.19. The molecule has 1 unspecified atom stereocenters. The molecular formula is C17H25ClO2. The van der Waals surface area contributed by atoms with E-state index in [1.54, 1.807) is 18.2 Å². The molecule has 0 saturated heterocycles. The second-order valence-corrected chi connectivity index (χ2v) is 5.58. The minimum absolute atomic E-state index is 0.0145. The molecule has 0 aliphatic rings. The molecule has 0 heterocycles. The first-order valence-corrected chi connectivity index (χ1v) is 7.95. The Morgan fingerprint density at radius 3 is 2.30 bits per heavy atom. The normalized spacial score (nSPS) is 12.4. The first kappa shape index (κ1) is 17.0. The summed E-state index contributed by atoms with van der Waals surface area (Å²) in [5.74, 6) is 0.412. The third kappa shape index (κ3) is 5.16. The molecule has 0 aliphatic carbocycles. The fourth-order valence-corrected chi connectivity index (χ4v) is 2.52. The average molecular weight is 297 g/mol. The van der Waals surface area contributed by atoms with Crippen molar-refractivity contribution in [1.29, 1.82) is 0 Å². The highest BCUT2D eigenvalue weighted by Gasteiger charge is 2.17. The first-order valence-electron chi connectivity index (χ1n) is 7.57. The average Bonchev–Trinajstić information content (AvgIpc) is 2.47. The van der Waals surface area contributed by atoms with Gasteiger partial charge in [-0.2, -0.15) is 0 Å². The van der Waals surface area contributed by atoms with Gasteiger partial charge >= 0.3 is 5.97 Å². The predicted molar refractivity (Wildman–Crippen MR) is 84.3 cm³/mol. The van der Waals surface area contributed by atoms with Crippen LogP contribution in [-0.2, 0) is 4.74 Å². The number of ether oxygens (including phenoxy) is 1. The Bertz CT molecular complexity index is 413. The van der Waals surface area contributed by atoms with E-state index in [0.29, 0.717) is 10.6 Å². The van der Waals surface area contributed by atoms with Gasteiger partial charge < -0.3 is 4.74 Å². The zero-order valence-corrected chi connectivity index (χ0v) is 13.5. The second kappa shape index (κ2) is 9.02. The van der Waals surface area contributed by atoms with Gasteiger partial charge in [-0.15, -0.1) is 0 Å². The van der Waals surface area contributed by atoms with Crippen LogP contribution < -0.4 is 0 Å². The molecule has 0 bridgehead atoms. The van der Waals surface area contributed by atoms with Crippen LogP contribution in [0, 0.1) is 5.92 Å². The van der Waals surface area contributed by atoms with Crippen LogP contribution in [0.5, 0.6) is 0 Å². The van der Waals surface area contributed by atoms with E-state index in [4.69, 9.17) is 16.3 Å². The van der Waals surface area contributed by atoms with Crippen molar-refractivity contribution in [2.24, 2.45) is 5.92 Å². The topological polar surface area (TPSA) is 26.3 Å². The van der Waals surface area contributed by atoms with E-state index >= 15 is 0 Å². The van der Waals surface area contributed by atoms with Crippen molar-refractivity contribution in [1.82, 2.24) is 0 Å². The number of esters is 1. The van der Waals surface area contributed by atoms with Crippen molar-refractivity contribution in [2.45, 2.75) is 59.0 Å². The SMILES string of the molecule is CCC(CC)CCC(CC)OC(=O)c1ccccc1Cl. The molecule has 1 aromatic rings. The Morgan fingerprint density at radius 1 is 1.10 bits per heavy atom. The standard InChI is InChI=1S/C17H25ClO2/c1-4-13(5-2)11-12-14(6-3)20-17(19)15-9-7-8-10-16(15)18/h7-10,13-14H,4-6,11-12H2,1-3H3. The lowest BCUT2D eigenvalue weighted by molar-refractivity contribution is 0.0257. The van der Waals surface area contributed by atoms with Crippen LogP contribution in [0.25, 0.3) is 0 Å². The molecule has 1 atom stereocenters. The van der Waals surface area contributed by atoms with Gasteiger partial charge in [0, 0.05) is 0 Å². The number of hydrogen-bond donors (Lipinski definition) is 0. The summed E-state index contributed by atoms with van der Waals surface area (Å²) in [5.41, 5.74) is 0.454. The lowest BCUT2D eigenvalue weighted by atomic mass is 9.95. The number of halogens is 1. The van der Waals surface area contributed by atoms with E-state index in [9.17, 15) is 4.79 Å². The van der Waals surface area contributed by atoms with Crippen molar-refractivity contribution >= 4 is 17.6 Å². The van der Waals surface area contributed by atoms with Gasteiger partial charge in [0.25, 0.3) is 0 Å². The summed E-state index contributed by atoms with van der Waals surface area (Å²) in [6, 6.07) is 7.03. The molecule has 0 spiro atoms. The minimum Gasteiger partial charge on any atom is -0.459 e. The maximum absolute atomic E-state index is 12.1. The summed E-state index contributed by atoms with van der Waals surface area (Å²) < 4.78 is 5.58. The van der Waals surface area contributed by atoms with Crippen molar-refractivity contribution in [3.05, 3.63) is 34.9 Å². The van der Waals surface area contributed by atoms with Gasteiger partial charge in [-0.3, -0.25) is 0 Å². The molecule has 20 heavy (non-hydrogen) atoms. The molecule has 1 aromatic carbocycles. The minimum atomic E-state index is -0.313. The van der Waals surface area contributed by atoms with E-state index in [1.165, 1.54) is 12.8 Å². The van der Waals surface area contributed by atoms with Gasteiger partial charge in [0.1, 0.15) is 6.10 Å². The summed E-state index contributed by atoms with van der Waals surface area (Å²) in [7, 11) is 0.